The first-order chi connectivity index (χ1) is 15.2. The Morgan fingerprint density at radius 2 is 1.72 bits per heavy atom. The summed E-state index contributed by atoms with van der Waals surface area (Å²) in [6, 6.07) is 10.7. The Balaban J connectivity index is 1.46. The van der Waals surface area contributed by atoms with Crippen molar-refractivity contribution in [1.82, 2.24) is 9.21 Å². The summed E-state index contributed by atoms with van der Waals surface area (Å²) >= 11 is 0. The Hall–Kier alpha value is -2.78. The number of aryl methyl sites for hydroxylation is 1. The van der Waals surface area contributed by atoms with Crippen molar-refractivity contribution in [1.29, 1.82) is 0 Å². The quantitative estimate of drug-likeness (QED) is 0.518. The first-order valence-electron chi connectivity index (χ1n) is 10.8. The summed E-state index contributed by atoms with van der Waals surface area (Å²) in [6.45, 7) is 5.06. The molecule has 170 valence electrons. The molecule has 0 radical (unpaired) electrons. The number of carbonyl (C=O) groups excluding carboxylic acids is 1. The van der Waals surface area contributed by atoms with Crippen molar-refractivity contribution >= 4 is 21.6 Å². The molecule has 32 heavy (non-hydrogen) atoms. The molecular weight excluding hydrogens is 430 g/mol. The average molecular weight is 458 g/mol. The van der Waals surface area contributed by atoms with E-state index in [9.17, 15) is 23.3 Å². The van der Waals surface area contributed by atoms with Crippen LogP contribution in [0.5, 0.6) is 0 Å². The number of fused-ring (bicyclic) bond motifs is 1. The first-order valence-corrected chi connectivity index (χ1v) is 12.2. The number of hydrogen-bond donors (Lipinski definition) is 0. The topological polar surface area (TPSA) is 101 Å². The van der Waals surface area contributed by atoms with E-state index in [1.807, 2.05) is 23.1 Å². The number of nitro groups is 1. The van der Waals surface area contributed by atoms with Crippen LogP contribution < -0.4 is 0 Å². The Morgan fingerprint density at radius 3 is 2.38 bits per heavy atom. The van der Waals surface area contributed by atoms with E-state index in [2.05, 4.69) is 6.07 Å². The number of nitro benzene ring substituents is 1. The van der Waals surface area contributed by atoms with Crippen LogP contribution in [0, 0.1) is 29.9 Å². The van der Waals surface area contributed by atoms with Crippen LogP contribution in [0.25, 0.3) is 0 Å². The van der Waals surface area contributed by atoms with Gasteiger partial charge in [-0.2, -0.15) is 4.31 Å². The van der Waals surface area contributed by atoms with Crippen LogP contribution in [0.15, 0.2) is 41.3 Å². The second kappa shape index (κ2) is 8.63. The van der Waals surface area contributed by atoms with E-state index in [1.165, 1.54) is 21.5 Å². The number of piperidine rings is 1. The van der Waals surface area contributed by atoms with Crippen LogP contribution in [-0.2, 0) is 27.8 Å². The average Bonchev–Trinajstić information content (AvgIpc) is 2.79. The molecule has 1 amide bonds. The highest BCUT2D eigenvalue weighted by atomic mass is 32.2. The molecule has 0 aliphatic carbocycles. The molecule has 0 spiro atoms. The maximum Gasteiger partial charge on any atom is 0.271 e. The lowest BCUT2D eigenvalue weighted by atomic mass is 9.94. The van der Waals surface area contributed by atoms with Crippen LogP contribution in [-0.4, -0.2) is 48.1 Å². The number of carbonyl (C=O) groups is 1. The number of benzene rings is 2. The normalized spacial score (nSPS) is 17.8. The van der Waals surface area contributed by atoms with Gasteiger partial charge in [0.2, 0.25) is 15.9 Å². The molecule has 0 saturated carbocycles. The molecule has 4 rings (SSSR count). The number of sulfonamides is 1. The van der Waals surface area contributed by atoms with Gasteiger partial charge in [-0.15, -0.1) is 0 Å². The largest absolute Gasteiger partial charge is 0.338 e. The van der Waals surface area contributed by atoms with Crippen molar-refractivity contribution in [3.8, 4) is 0 Å². The van der Waals surface area contributed by atoms with Crippen LogP contribution >= 0.6 is 0 Å². The third-order valence-electron chi connectivity index (χ3n) is 6.68. The van der Waals surface area contributed by atoms with Gasteiger partial charge in [0, 0.05) is 44.2 Å². The zero-order chi connectivity index (χ0) is 23.0. The lowest BCUT2D eigenvalue weighted by Crippen LogP contribution is -2.45. The van der Waals surface area contributed by atoms with E-state index in [-0.39, 0.29) is 35.5 Å². The van der Waals surface area contributed by atoms with Crippen molar-refractivity contribution < 1.29 is 18.1 Å². The van der Waals surface area contributed by atoms with E-state index >= 15 is 0 Å². The maximum absolute atomic E-state index is 13.3. The van der Waals surface area contributed by atoms with Gasteiger partial charge >= 0.3 is 0 Å². The molecule has 0 atom stereocenters. The van der Waals surface area contributed by atoms with Crippen molar-refractivity contribution in [2.75, 3.05) is 19.6 Å². The number of nitrogens with zero attached hydrogens (tertiary/aromatic N) is 3. The van der Waals surface area contributed by atoms with Crippen molar-refractivity contribution in [3.63, 3.8) is 0 Å². The second-order valence-corrected chi connectivity index (χ2v) is 10.5. The summed E-state index contributed by atoms with van der Waals surface area (Å²) in [4.78, 5) is 25.6. The summed E-state index contributed by atoms with van der Waals surface area (Å²) in [5.74, 6) is -0.126. The fourth-order valence-corrected chi connectivity index (χ4v) is 6.39. The molecule has 0 bridgehead atoms. The van der Waals surface area contributed by atoms with E-state index in [0.29, 0.717) is 37.1 Å². The summed E-state index contributed by atoms with van der Waals surface area (Å²) in [6.07, 6.45) is 1.73. The Labute approximate surface area is 188 Å². The highest BCUT2D eigenvalue weighted by molar-refractivity contribution is 7.89. The zero-order valence-electron chi connectivity index (χ0n) is 18.3. The smallest absolute Gasteiger partial charge is 0.271 e. The van der Waals surface area contributed by atoms with Gasteiger partial charge in [0.05, 0.1) is 9.82 Å². The van der Waals surface area contributed by atoms with Gasteiger partial charge in [0.15, 0.2) is 0 Å². The lowest BCUT2D eigenvalue weighted by molar-refractivity contribution is -0.385. The minimum absolute atomic E-state index is 0.0263. The summed E-state index contributed by atoms with van der Waals surface area (Å²) in [7, 11) is -3.88. The molecular formula is C23H27N3O5S. The fourth-order valence-electron chi connectivity index (χ4n) is 4.61. The van der Waals surface area contributed by atoms with Crippen LogP contribution in [0.1, 0.15) is 35.1 Å². The molecule has 0 N–H and O–H groups in total. The van der Waals surface area contributed by atoms with Crippen LogP contribution in [0.2, 0.25) is 0 Å². The summed E-state index contributed by atoms with van der Waals surface area (Å²) in [5.41, 5.74) is 3.29. The van der Waals surface area contributed by atoms with Gasteiger partial charge < -0.3 is 4.90 Å². The molecule has 1 saturated heterocycles. The SMILES string of the molecule is Cc1cc([N+](=O)[O-])cc(S(=O)(=O)N2CCC(C(=O)N3CCc4ccccc4C3)CC2)c1C. The Morgan fingerprint density at radius 1 is 1.06 bits per heavy atom. The highest BCUT2D eigenvalue weighted by Gasteiger charge is 2.36. The number of amides is 1. The van der Waals surface area contributed by atoms with Gasteiger partial charge in [-0.05, 0) is 55.4 Å². The summed E-state index contributed by atoms with van der Waals surface area (Å²) in [5, 5.41) is 11.2. The fraction of sp³-hybridized carbons (Fsp3) is 0.435. The molecule has 0 unspecified atom stereocenters. The van der Waals surface area contributed by atoms with Gasteiger partial charge in [-0.25, -0.2) is 8.42 Å². The Bertz CT molecular complexity index is 1170. The number of rotatable bonds is 4. The van der Waals surface area contributed by atoms with E-state index in [4.69, 9.17) is 0 Å². The predicted octanol–water partition coefficient (Wildman–Crippen LogP) is 3.20. The van der Waals surface area contributed by atoms with Crippen molar-refractivity contribution in [2.24, 2.45) is 5.92 Å². The van der Waals surface area contributed by atoms with Crippen LogP contribution in [0.4, 0.5) is 5.69 Å². The Kier molecular flexibility index (Phi) is 6.05. The lowest BCUT2D eigenvalue weighted by Gasteiger charge is -2.35. The van der Waals surface area contributed by atoms with Crippen molar-refractivity contribution in [3.05, 3.63) is 68.8 Å². The van der Waals surface area contributed by atoms with Gasteiger partial charge in [-0.3, -0.25) is 14.9 Å². The third-order valence-corrected chi connectivity index (χ3v) is 8.70. The third kappa shape index (κ3) is 4.14. The number of hydrogen-bond acceptors (Lipinski definition) is 5. The predicted molar refractivity (Wildman–Crippen MR) is 120 cm³/mol. The standard InChI is InChI=1S/C23H27N3O5S/c1-16-13-21(26(28)29)14-22(17(16)2)32(30,31)25-11-8-19(9-12-25)23(27)24-10-7-18-5-3-4-6-20(18)15-24/h3-6,13-14,19H,7-12,15H2,1-2H3. The second-order valence-electron chi connectivity index (χ2n) is 8.60. The molecule has 2 aromatic carbocycles. The van der Waals surface area contributed by atoms with Gasteiger partial charge in [-0.1, -0.05) is 24.3 Å². The molecule has 2 aromatic rings. The van der Waals surface area contributed by atoms with Crippen LogP contribution in [0.3, 0.4) is 0 Å². The summed E-state index contributed by atoms with van der Waals surface area (Å²) < 4.78 is 27.9. The molecule has 2 heterocycles. The van der Waals surface area contributed by atoms with E-state index < -0.39 is 14.9 Å². The van der Waals surface area contributed by atoms with Crippen molar-refractivity contribution in [2.45, 2.75) is 44.6 Å². The van der Waals surface area contributed by atoms with Gasteiger partial charge in [0.1, 0.15) is 0 Å². The molecule has 1 fully saturated rings. The van der Waals surface area contributed by atoms with Gasteiger partial charge in [0.25, 0.3) is 5.69 Å². The molecule has 2 aliphatic heterocycles. The zero-order valence-corrected chi connectivity index (χ0v) is 19.1. The highest BCUT2D eigenvalue weighted by Crippen LogP contribution is 2.31. The maximum atomic E-state index is 13.3. The molecule has 2 aliphatic rings. The van der Waals surface area contributed by atoms with E-state index in [1.54, 1.807) is 13.8 Å². The molecule has 0 aromatic heterocycles. The number of non-ortho nitro benzene ring substituents is 1. The molecule has 8 nitrogen and oxygen atoms in total. The van der Waals surface area contributed by atoms with E-state index in [0.717, 1.165) is 12.5 Å². The molecule has 9 heteroatoms. The monoisotopic (exact) mass is 457 g/mol. The minimum atomic E-state index is -3.88. The first kappa shape index (κ1) is 22.4. The minimum Gasteiger partial charge on any atom is -0.338 e.